The summed E-state index contributed by atoms with van der Waals surface area (Å²) in [5.41, 5.74) is 1.76. The lowest BCUT2D eigenvalue weighted by Gasteiger charge is -2.21. The number of likely N-dealkylation sites (tertiary alicyclic amines) is 1. The number of halogens is 1. The van der Waals surface area contributed by atoms with Crippen LogP contribution in [0.5, 0.6) is 11.5 Å². The van der Waals surface area contributed by atoms with Crippen LogP contribution in [-0.2, 0) is 4.79 Å². The highest BCUT2D eigenvalue weighted by Gasteiger charge is 2.31. The van der Waals surface area contributed by atoms with E-state index in [1.54, 1.807) is 49.8 Å². The number of aromatic nitrogens is 1. The van der Waals surface area contributed by atoms with Gasteiger partial charge in [-0.2, -0.15) is 0 Å². The summed E-state index contributed by atoms with van der Waals surface area (Å²) in [5, 5.41) is 1.44. The molecule has 1 saturated heterocycles. The van der Waals surface area contributed by atoms with Crippen LogP contribution in [0.15, 0.2) is 42.5 Å². The van der Waals surface area contributed by atoms with Gasteiger partial charge in [0.25, 0.3) is 0 Å². The molecule has 0 radical (unpaired) electrons. The fourth-order valence-electron chi connectivity index (χ4n) is 3.62. The van der Waals surface area contributed by atoms with E-state index in [4.69, 9.17) is 26.1 Å². The highest BCUT2D eigenvalue weighted by Crippen LogP contribution is 2.38. The average molecular weight is 429 g/mol. The molecule has 1 aromatic heterocycles. The fourth-order valence-corrected chi connectivity index (χ4v) is 5.03. The van der Waals surface area contributed by atoms with Crippen molar-refractivity contribution in [3.8, 4) is 11.5 Å². The number of methoxy groups -OCH3 is 2. The summed E-state index contributed by atoms with van der Waals surface area (Å²) >= 11 is 7.92. The average Bonchev–Trinajstić information content (AvgIpc) is 3.38. The summed E-state index contributed by atoms with van der Waals surface area (Å²) in [5.74, 6) is 0.978. The zero-order valence-electron chi connectivity index (χ0n) is 16.2. The van der Waals surface area contributed by atoms with Crippen molar-refractivity contribution in [1.82, 2.24) is 9.88 Å². The van der Waals surface area contributed by atoms with E-state index in [1.807, 2.05) is 23.1 Å². The minimum Gasteiger partial charge on any atom is -0.493 e. The molecule has 1 fully saturated rings. The maximum atomic E-state index is 12.9. The first-order valence-corrected chi connectivity index (χ1v) is 10.6. The van der Waals surface area contributed by atoms with Crippen molar-refractivity contribution in [2.75, 3.05) is 20.8 Å². The van der Waals surface area contributed by atoms with Gasteiger partial charge in [0, 0.05) is 12.6 Å². The van der Waals surface area contributed by atoms with E-state index in [0.717, 1.165) is 40.2 Å². The number of ether oxygens (including phenoxy) is 2. The zero-order valence-corrected chi connectivity index (χ0v) is 17.8. The first kappa shape index (κ1) is 19.7. The largest absolute Gasteiger partial charge is 0.493 e. The van der Waals surface area contributed by atoms with Crippen LogP contribution in [0.2, 0.25) is 5.02 Å². The van der Waals surface area contributed by atoms with Crippen molar-refractivity contribution in [2.45, 2.75) is 18.9 Å². The zero-order chi connectivity index (χ0) is 20.4. The quantitative estimate of drug-likeness (QED) is 0.514. The molecule has 0 N–H and O–H groups in total. The fraction of sp³-hybridized carbons (Fsp3) is 0.273. The number of carbonyl (C=O) groups is 1. The molecule has 4 rings (SSSR count). The summed E-state index contributed by atoms with van der Waals surface area (Å²) in [6, 6.07) is 11.7. The number of hydrogen-bond donors (Lipinski definition) is 0. The highest BCUT2D eigenvalue weighted by molar-refractivity contribution is 7.18. The third kappa shape index (κ3) is 3.95. The van der Waals surface area contributed by atoms with E-state index < -0.39 is 0 Å². The molecule has 1 atom stereocenters. The van der Waals surface area contributed by atoms with Crippen molar-refractivity contribution < 1.29 is 14.3 Å². The maximum Gasteiger partial charge on any atom is 0.247 e. The van der Waals surface area contributed by atoms with Gasteiger partial charge in [-0.3, -0.25) is 4.79 Å². The molecular weight excluding hydrogens is 408 g/mol. The molecule has 1 aliphatic heterocycles. The van der Waals surface area contributed by atoms with Gasteiger partial charge in [-0.15, -0.1) is 11.3 Å². The van der Waals surface area contributed by atoms with Gasteiger partial charge in [0.2, 0.25) is 5.91 Å². The second-order valence-corrected chi connectivity index (χ2v) is 8.25. The minimum absolute atomic E-state index is 0.0264. The van der Waals surface area contributed by atoms with E-state index in [-0.39, 0.29) is 11.9 Å². The van der Waals surface area contributed by atoms with E-state index in [1.165, 1.54) is 0 Å². The van der Waals surface area contributed by atoms with Crippen LogP contribution in [0.3, 0.4) is 0 Å². The number of rotatable bonds is 5. The number of benzene rings is 2. The highest BCUT2D eigenvalue weighted by atomic mass is 35.5. The molecule has 2 heterocycles. The van der Waals surface area contributed by atoms with Gasteiger partial charge in [-0.1, -0.05) is 23.7 Å². The smallest absolute Gasteiger partial charge is 0.247 e. The lowest BCUT2D eigenvalue weighted by Crippen LogP contribution is -2.28. The lowest BCUT2D eigenvalue weighted by molar-refractivity contribution is -0.126. The van der Waals surface area contributed by atoms with Gasteiger partial charge in [0.15, 0.2) is 11.5 Å². The molecule has 29 heavy (non-hydrogen) atoms. The van der Waals surface area contributed by atoms with Crippen LogP contribution in [0, 0.1) is 0 Å². The maximum absolute atomic E-state index is 12.9. The molecule has 0 bridgehead atoms. The van der Waals surface area contributed by atoms with Crippen LogP contribution >= 0.6 is 22.9 Å². The van der Waals surface area contributed by atoms with Crippen LogP contribution in [-0.4, -0.2) is 36.6 Å². The second kappa shape index (κ2) is 8.43. The Hall–Kier alpha value is -2.57. The predicted molar refractivity (Wildman–Crippen MR) is 117 cm³/mol. The number of amides is 1. The normalized spacial score (nSPS) is 16.7. The third-order valence-corrected chi connectivity index (χ3v) is 6.42. The molecule has 7 heteroatoms. The molecule has 0 saturated carbocycles. The Kier molecular flexibility index (Phi) is 5.74. The van der Waals surface area contributed by atoms with Gasteiger partial charge >= 0.3 is 0 Å². The minimum atomic E-state index is -0.0299. The van der Waals surface area contributed by atoms with Crippen LogP contribution < -0.4 is 9.47 Å². The van der Waals surface area contributed by atoms with E-state index in [2.05, 4.69) is 6.07 Å². The molecule has 0 aliphatic carbocycles. The van der Waals surface area contributed by atoms with Crippen LogP contribution in [0.25, 0.3) is 16.3 Å². The molecule has 1 amide bonds. The summed E-state index contributed by atoms with van der Waals surface area (Å²) < 4.78 is 11.7. The number of hydrogen-bond acceptors (Lipinski definition) is 5. The van der Waals surface area contributed by atoms with E-state index in [9.17, 15) is 4.79 Å². The van der Waals surface area contributed by atoms with Gasteiger partial charge in [0.05, 0.1) is 35.5 Å². The monoisotopic (exact) mass is 428 g/mol. The van der Waals surface area contributed by atoms with Gasteiger partial charge in [0.1, 0.15) is 5.01 Å². The van der Waals surface area contributed by atoms with Crippen molar-refractivity contribution in [3.63, 3.8) is 0 Å². The molecule has 2 aromatic carbocycles. The lowest BCUT2D eigenvalue weighted by atomic mass is 10.1. The molecule has 1 aliphatic rings. The van der Waals surface area contributed by atoms with Crippen molar-refractivity contribution in [2.24, 2.45) is 0 Å². The Labute approximate surface area is 178 Å². The molecule has 150 valence electrons. The second-order valence-electron chi connectivity index (χ2n) is 6.78. The van der Waals surface area contributed by atoms with E-state index in [0.29, 0.717) is 16.5 Å². The van der Waals surface area contributed by atoms with E-state index >= 15 is 0 Å². The Balaban J connectivity index is 1.55. The Morgan fingerprint density at radius 3 is 2.86 bits per heavy atom. The van der Waals surface area contributed by atoms with Gasteiger partial charge in [-0.25, -0.2) is 4.98 Å². The Morgan fingerprint density at radius 1 is 1.28 bits per heavy atom. The summed E-state index contributed by atoms with van der Waals surface area (Å²) in [6.45, 7) is 0.733. The van der Waals surface area contributed by atoms with Crippen molar-refractivity contribution in [1.29, 1.82) is 0 Å². The number of fused-ring (bicyclic) bond motifs is 1. The molecular formula is C22H21ClN2O3S. The number of nitrogens with zero attached hydrogens (tertiary/aromatic N) is 2. The van der Waals surface area contributed by atoms with Crippen LogP contribution in [0.4, 0.5) is 0 Å². The molecule has 0 spiro atoms. The van der Waals surface area contributed by atoms with Gasteiger partial charge in [-0.05, 0) is 48.7 Å². The first-order valence-electron chi connectivity index (χ1n) is 9.36. The summed E-state index contributed by atoms with van der Waals surface area (Å²) in [7, 11) is 3.10. The molecule has 3 aromatic rings. The molecule has 1 unspecified atom stereocenters. The topological polar surface area (TPSA) is 51.7 Å². The van der Waals surface area contributed by atoms with Gasteiger partial charge < -0.3 is 14.4 Å². The van der Waals surface area contributed by atoms with Crippen molar-refractivity contribution >= 4 is 45.1 Å². The van der Waals surface area contributed by atoms with Crippen molar-refractivity contribution in [3.05, 3.63) is 58.1 Å². The summed E-state index contributed by atoms with van der Waals surface area (Å²) in [4.78, 5) is 19.6. The Morgan fingerprint density at radius 2 is 2.10 bits per heavy atom. The predicted octanol–water partition coefficient (Wildman–Crippen LogP) is 5.34. The number of thiazole rings is 1. The molecule has 5 nitrogen and oxygen atoms in total. The first-order chi connectivity index (χ1) is 14.1. The number of carbonyl (C=O) groups excluding carboxylic acids is 1. The van der Waals surface area contributed by atoms with Crippen LogP contribution in [0.1, 0.15) is 29.5 Å². The number of para-hydroxylation sites is 1. The SMILES string of the molecule is COc1cc(C=CC(=O)N2CCCC2c2nc3ccccc3s2)cc(Cl)c1OC. The Bertz CT molecular complexity index is 1050. The summed E-state index contributed by atoms with van der Waals surface area (Å²) in [6.07, 6.45) is 5.25. The third-order valence-electron chi connectivity index (χ3n) is 5.01. The standard InChI is InChI=1S/C22H21ClN2O3S/c1-27-18-13-14(12-15(23)21(18)28-2)9-10-20(26)25-11-5-7-17(25)22-24-16-6-3-4-8-19(16)29-22/h3-4,6,8-10,12-13,17H,5,7,11H2,1-2H3.